The molecule has 2 N–H and O–H groups in total. The number of guanidine groups is 1. The lowest BCUT2D eigenvalue weighted by Gasteiger charge is -2.30. The number of esters is 1. The fourth-order valence-electron chi connectivity index (χ4n) is 2.27. The third kappa shape index (κ3) is 5.19. The van der Waals surface area contributed by atoms with Crippen molar-refractivity contribution < 1.29 is 13.9 Å². The zero-order valence-electron chi connectivity index (χ0n) is 13.1. The minimum Gasteiger partial charge on any atom is -0.460 e. The van der Waals surface area contributed by atoms with Crippen LogP contribution in [0.25, 0.3) is 0 Å². The van der Waals surface area contributed by atoms with E-state index in [1.54, 1.807) is 19.1 Å². The number of piperidine rings is 1. The van der Waals surface area contributed by atoms with E-state index in [0.29, 0.717) is 24.9 Å². The zero-order valence-corrected chi connectivity index (χ0v) is 15.4. The number of furan rings is 1. The maximum Gasteiger partial charge on any atom is 0.374 e. The molecule has 0 radical (unpaired) electrons. The average molecular weight is 421 g/mol. The van der Waals surface area contributed by atoms with Gasteiger partial charge in [-0.2, -0.15) is 0 Å². The molecule has 2 rings (SSSR count). The van der Waals surface area contributed by atoms with E-state index >= 15 is 0 Å². The van der Waals surface area contributed by atoms with Crippen molar-refractivity contribution in [2.45, 2.75) is 33.2 Å². The van der Waals surface area contributed by atoms with Gasteiger partial charge in [0.2, 0.25) is 5.76 Å². The molecule has 0 atom stereocenters. The van der Waals surface area contributed by atoms with E-state index in [4.69, 9.17) is 14.9 Å². The minimum absolute atomic E-state index is 0. The van der Waals surface area contributed by atoms with Crippen molar-refractivity contribution in [3.63, 3.8) is 0 Å². The van der Waals surface area contributed by atoms with Crippen LogP contribution in [-0.4, -0.2) is 36.5 Å². The molecule has 124 valence electrons. The number of likely N-dealkylation sites (tertiary alicyclic amines) is 1. The maximum absolute atomic E-state index is 11.5. The standard InChI is InChI=1S/C15H23N3O3.HI/c1-3-20-14(19)13-5-4-12(21-13)10-17-15(16)18-8-6-11(2)7-9-18;/h4-5,11H,3,6-10H2,1-2H3,(H2,16,17);1H. The number of carbonyl (C=O) groups excluding carboxylic acids is 1. The topological polar surface area (TPSA) is 81.1 Å². The molecule has 1 aromatic rings. The molecule has 2 heterocycles. The van der Waals surface area contributed by atoms with E-state index in [-0.39, 0.29) is 29.7 Å². The fraction of sp³-hybridized carbons (Fsp3) is 0.600. The summed E-state index contributed by atoms with van der Waals surface area (Å²) < 4.78 is 10.3. The largest absolute Gasteiger partial charge is 0.460 e. The van der Waals surface area contributed by atoms with E-state index in [0.717, 1.165) is 31.8 Å². The number of nitrogens with zero attached hydrogens (tertiary/aromatic N) is 2. The summed E-state index contributed by atoms with van der Waals surface area (Å²) in [4.78, 5) is 17.9. The van der Waals surface area contributed by atoms with Gasteiger partial charge in [-0.05, 0) is 37.8 Å². The summed E-state index contributed by atoms with van der Waals surface area (Å²) in [6.45, 7) is 6.56. The highest BCUT2D eigenvalue weighted by Gasteiger charge is 2.17. The van der Waals surface area contributed by atoms with Gasteiger partial charge < -0.3 is 19.8 Å². The van der Waals surface area contributed by atoms with Gasteiger partial charge in [0, 0.05) is 13.1 Å². The highest BCUT2D eigenvalue weighted by Crippen LogP contribution is 2.16. The SMILES string of the molecule is CCOC(=O)c1ccc(CN=C(N)N2CCC(C)CC2)o1.I. The van der Waals surface area contributed by atoms with Gasteiger partial charge in [-0.15, -0.1) is 24.0 Å². The van der Waals surface area contributed by atoms with Gasteiger partial charge in [0.25, 0.3) is 0 Å². The van der Waals surface area contributed by atoms with Crippen molar-refractivity contribution in [1.29, 1.82) is 0 Å². The molecule has 0 unspecified atom stereocenters. The Kier molecular flexibility index (Phi) is 7.70. The lowest BCUT2D eigenvalue weighted by Crippen LogP contribution is -2.42. The van der Waals surface area contributed by atoms with Gasteiger partial charge >= 0.3 is 5.97 Å². The molecule has 22 heavy (non-hydrogen) atoms. The van der Waals surface area contributed by atoms with Crippen LogP contribution < -0.4 is 5.73 Å². The zero-order chi connectivity index (χ0) is 15.2. The average Bonchev–Trinajstić information content (AvgIpc) is 2.95. The van der Waals surface area contributed by atoms with Gasteiger partial charge in [-0.1, -0.05) is 6.92 Å². The van der Waals surface area contributed by atoms with E-state index in [2.05, 4.69) is 16.8 Å². The predicted octanol–water partition coefficient (Wildman–Crippen LogP) is 2.62. The van der Waals surface area contributed by atoms with E-state index in [1.807, 2.05) is 0 Å². The number of nitrogens with two attached hydrogens (primary N) is 1. The lowest BCUT2D eigenvalue weighted by atomic mass is 10.00. The van der Waals surface area contributed by atoms with Gasteiger partial charge in [0.15, 0.2) is 5.96 Å². The molecule has 0 spiro atoms. The van der Waals surface area contributed by atoms with E-state index < -0.39 is 5.97 Å². The molecule has 1 fully saturated rings. The molecule has 0 amide bonds. The summed E-state index contributed by atoms with van der Waals surface area (Å²) in [6, 6.07) is 3.32. The molecule has 0 bridgehead atoms. The van der Waals surface area contributed by atoms with Crippen LogP contribution >= 0.6 is 24.0 Å². The third-order valence-electron chi connectivity index (χ3n) is 3.64. The Morgan fingerprint density at radius 2 is 2.14 bits per heavy atom. The van der Waals surface area contributed by atoms with E-state index in [9.17, 15) is 4.79 Å². The number of hydrogen-bond donors (Lipinski definition) is 1. The molecule has 0 saturated carbocycles. The summed E-state index contributed by atoms with van der Waals surface area (Å²) in [5, 5.41) is 0. The van der Waals surface area contributed by atoms with Gasteiger partial charge in [-0.25, -0.2) is 9.79 Å². The molecule has 1 aromatic heterocycles. The smallest absolute Gasteiger partial charge is 0.374 e. The van der Waals surface area contributed by atoms with Crippen LogP contribution in [0.15, 0.2) is 21.5 Å². The first-order valence-corrected chi connectivity index (χ1v) is 7.40. The first-order valence-electron chi connectivity index (χ1n) is 7.40. The number of halogens is 1. The normalized spacial score (nSPS) is 16.3. The lowest BCUT2D eigenvalue weighted by molar-refractivity contribution is 0.0488. The summed E-state index contributed by atoms with van der Waals surface area (Å²) in [6.07, 6.45) is 2.29. The number of ether oxygens (including phenoxy) is 1. The number of rotatable bonds is 4. The van der Waals surface area contributed by atoms with Crippen LogP contribution in [0.3, 0.4) is 0 Å². The first kappa shape index (κ1) is 18.8. The van der Waals surface area contributed by atoms with Crippen molar-refractivity contribution in [3.05, 3.63) is 23.7 Å². The Hall–Kier alpha value is -1.25. The van der Waals surface area contributed by atoms with Crippen molar-refractivity contribution >= 4 is 35.9 Å². The van der Waals surface area contributed by atoms with Crippen molar-refractivity contribution in [1.82, 2.24) is 4.90 Å². The van der Waals surface area contributed by atoms with Gasteiger partial charge in [-0.3, -0.25) is 0 Å². The molecule has 1 aliphatic heterocycles. The molecule has 7 heteroatoms. The second-order valence-electron chi connectivity index (χ2n) is 5.33. The van der Waals surface area contributed by atoms with Crippen LogP contribution in [-0.2, 0) is 11.3 Å². The number of hydrogen-bond acceptors (Lipinski definition) is 4. The van der Waals surface area contributed by atoms with Crippen molar-refractivity contribution in [3.8, 4) is 0 Å². The molecule has 1 saturated heterocycles. The van der Waals surface area contributed by atoms with Crippen LogP contribution in [0.2, 0.25) is 0 Å². The van der Waals surface area contributed by atoms with Crippen LogP contribution in [0.5, 0.6) is 0 Å². The Balaban J connectivity index is 0.00000242. The maximum atomic E-state index is 11.5. The molecular weight excluding hydrogens is 397 g/mol. The summed E-state index contributed by atoms with van der Waals surface area (Å²) in [5.74, 6) is 1.65. The summed E-state index contributed by atoms with van der Waals surface area (Å²) >= 11 is 0. The van der Waals surface area contributed by atoms with Crippen molar-refractivity contribution in [2.75, 3.05) is 19.7 Å². The van der Waals surface area contributed by atoms with E-state index in [1.165, 1.54) is 0 Å². The Morgan fingerprint density at radius 3 is 2.77 bits per heavy atom. The quantitative estimate of drug-likeness (QED) is 0.350. The highest BCUT2D eigenvalue weighted by atomic mass is 127. The predicted molar refractivity (Wildman–Crippen MR) is 95.4 cm³/mol. The van der Waals surface area contributed by atoms with Gasteiger partial charge in [0.05, 0.1) is 6.61 Å². The number of carbonyl (C=O) groups is 1. The van der Waals surface area contributed by atoms with Crippen LogP contribution in [0, 0.1) is 5.92 Å². The van der Waals surface area contributed by atoms with Crippen LogP contribution in [0.4, 0.5) is 0 Å². The van der Waals surface area contributed by atoms with Crippen LogP contribution in [0.1, 0.15) is 43.0 Å². The summed E-state index contributed by atoms with van der Waals surface area (Å²) in [7, 11) is 0. The first-order chi connectivity index (χ1) is 10.1. The Bertz CT molecular complexity index is 508. The molecule has 1 aliphatic rings. The minimum atomic E-state index is -0.453. The molecule has 0 aliphatic carbocycles. The second-order valence-corrected chi connectivity index (χ2v) is 5.33. The molecular formula is C15H24IN3O3. The Morgan fingerprint density at radius 1 is 1.45 bits per heavy atom. The Labute approximate surface area is 148 Å². The number of aliphatic imine (C=N–C) groups is 1. The second kappa shape index (κ2) is 9.02. The monoisotopic (exact) mass is 421 g/mol. The van der Waals surface area contributed by atoms with Crippen molar-refractivity contribution in [2.24, 2.45) is 16.6 Å². The molecule has 6 nitrogen and oxygen atoms in total. The highest BCUT2D eigenvalue weighted by molar-refractivity contribution is 14.0. The third-order valence-corrected chi connectivity index (χ3v) is 3.64. The molecule has 0 aromatic carbocycles. The van der Waals surface area contributed by atoms with Gasteiger partial charge in [0.1, 0.15) is 12.3 Å². The summed E-state index contributed by atoms with van der Waals surface area (Å²) in [5.41, 5.74) is 6.00. The fourth-order valence-corrected chi connectivity index (χ4v) is 2.27.